The van der Waals surface area contributed by atoms with E-state index >= 15 is 0 Å². The topological polar surface area (TPSA) is 72.3 Å². The van der Waals surface area contributed by atoms with Crippen molar-refractivity contribution in [2.45, 2.75) is 25.7 Å². The molecule has 0 saturated carbocycles. The van der Waals surface area contributed by atoms with Crippen LogP contribution in [0.1, 0.15) is 40.8 Å². The largest absolute Gasteiger partial charge is 0.477 e. The normalized spacial score (nSPS) is 17.3. The average Bonchev–Trinajstić information content (AvgIpc) is 2.29. The van der Waals surface area contributed by atoms with Crippen molar-refractivity contribution >= 4 is 5.97 Å². The minimum absolute atomic E-state index is 0.0778. The van der Waals surface area contributed by atoms with Gasteiger partial charge in [0.25, 0.3) is 0 Å². The molecule has 1 aromatic rings. The van der Waals surface area contributed by atoms with Gasteiger partial charge in [-0.05, 0) is 25.8 Å². The summed E-state index contributed by atoms with van der Waals surface area (Å²) in [5, 5.41) is 8.92. The standard InChI is InChI=1S/C11H14N2O3/c1-7-12-9(6-10(13-7)11(14)15)8-2-4-16-5-3-8/h6,8H,2-5H2,1H3,(H,14,15). The Kier molecular flexibility index (Phi) is 3.14. The Balaban J connectivity index is 2.28. The fourth-order valence-electron chi connectivity index (χ4n) is 1.90. The summed E-state index contributed by atoms with van der Waals surface area (Å²) in [5.41, 5.74) is 0.905. The summed E-state index contributed by atoms with van der Waals surface area (Å²) < 4.78 is 5.27. The van der Waals surface area contributed by atoms with Gasteiger partial charge in [-0.25, -0.2) is 14.8 Å². The van der Waals surface area contributed by atoms with Gasteiger partial charge in [-0.2, -0.15) is 0 Å². The van der Waals surface area contributed by atoms with E-state index in [9.17, 15) is 4.79 Å². The molecule has 86 valence electrons. The fraction of sp³-hybridized carbons (Fsp3) is 0.545. The number of ether oxygens (including phenoxy) is 1. The number of aromatic nitrogens is 2. The lowest BCUT2D eigenvalue weighted by Gasteiger charge is -2.21. The van der Waals surface area contributed by atoms with Crippen LogP contribution in [0.3, 0.4) is 0 Å². The SMILES string of the molecule is Cc1nc(C(=O)O)cc(C2CCOCC2)n1. The monoisotopic (exact) mass is 222 g/mol. The summed E-state index contributed by atoms with van der Waals surface area (Å²) in [6.45, 7) is 3.15. The summed E-state index contributed by atoms with van der Waals surface area (Å²) in [6.07, 6.45) is 1.80. The summed E-state index contributed by atoms with van der Waals surface area (Å²) in [5.74, 6) is -0.186. The molecule has 0 atom stereocenters. The number of aryl methyl sites for hydroxylation is 1. The van der Waals surface area contributed by atoms with Crippen LogP contribution in [0, 0.1) is 6.92 Å². The molecule has 5 nitrogen and oxygen atoms in total. The molecule has 0 aliphatic carbocycles. The number of rotatable bonds is 2. The number of nitrogens with zero attached hydrogens (tertiary/aromatic N) is 2. The Hall–Kier alpha value is -1.49. The molecule has 1 aliphatic heterocycles. The van der Waals surface area contributed by atoms with Gasteiger partial charge in [-0.15, -0.1) is 0 Å². The number of carboxylic acids is 1. The van der Waals surface area contributed by atoms with Crippen LogP contribution < -0.4 is 0 Å². The maximum atomic E-state index is 10.9. The molecule has 0 spiro atoms. The van der Waals surface area contributed by atoms with E-state index in [2.05, 4.69) is 9.97 Å². The van der Waals surface area contributed by atoms with Crippen molar-refractivity contribution in [3.05, 3.63) is 23.3 Å². The van der Waals surface area contributed by atoms with Crippen LogP contribution in [0.5, 0.6) is 0 Å². The first kappa shape index (κ1) is 11.0. The van der Waals surface area contributed by atoms with Gasteiger partial charge in [0.1, 0.15) is 5.82 Å². The molecule has 1 N–H and O–H groups in total. The van der Waals surface area contributed by atoms with Gasteiger partial charge in [-0.3, -0.25) is 0 Å². The van der Waals surface area contributed by atoms with Crippen molar-refractivity contribution in [3.8, 4) is 0 Å². The van der Waals surface area contributed by atoms with Crippen LogP contribution in [0.25, 0.3) is 0 Å². The Labute approximate surface area is 93.5 Å². The molecule has 0 bridgehead atoms. The smallest absolute Gasteiger partial charge is 0.354 e. The lowest BCUT2D eigenvalue weighted by Crippen LogP contribution is -2.17. The molecule has 16 heavy (non-hydrogen) atoms. The second-order valence-electron chi connectivity index (χ2n) is 3.92. The minimum atomic E-state index is -1.00. The molecule has 5 heteroatoms. The highest BCUT2D eigenvalue weighted by Gasteiger charge is 2.19. The number of hydrogen-bond acceptors (Lipinski definition) is 4. The zero-order valence-electron chi connectivity index (χ0n) is 9.14. The van der Waals surface area contributed by atoms with Crippen molar-refractivity contribution in [2.75, 3.05) is 13.2 Å². The van der Waals surface area contributed by atoms with Gasteiger partial charge in [-0.1, -0.05) is 0 Å². The molecule has 0 amide bonds. The molecule has 0 radical (unpaired) electrons. The van der Waals surface area contributed by atoms with E-state index in [1.807, 2.05) is 0 Å². The third-order valence-corrected chi connectivity index (χ3v) is 2.72. The molecule has 2 rings (SSSR count). The Morgan fingerprint density at radius 3 is 2.75 bits per heavy atom. The first-order valence-corrected chi connectivity index (χ1v) is 5.33. The molecule has 0 aromatic carbocycles. The lowest BCUT2D eigenvalue weighted by atomic mass is 9.96. The predicted molar refractivity (Wildman–Crippen MR) is 56.5 cm³/mol. The fourth-order valence-corrected chi connectivity index (χ4v) is 1.90. The summed E-state index contributed by atoms with van der Waals surface area (Å²) in [4.78, 5) is 19.1. The Morgan fingerprint density at radius 2 is 2.12 bits per heavy atom. The molecule has 0 unspecified atom stereocenters. The third kappa shape index (κ3) is 2.36. The van der Waals surface area contributed by atoms with Gasteiger partial charge in [0.05, 0.1) is 0 Å². The van der Waals surface area contributed by atoms with E-state index < -0.39 is 5.97 Å². The van der Waals surface area contributed by atoms with Gasteiger partial charge in [0, 0.05) is 24.8 Å². The maximum absolute atomic E-state index is 10.9. The van der Waals surface area contributed by atoms with Crippen LogP contribution in [0.4, 0.5) is 0 Å². The molecular weight excluding hydrogens is 208 g/mol. The van der Waals surface area contributed by atoms with Crippen molar-refractivity contribution < 1.29 is 14.6 Å². The zero-order valence-corrected chi connectivity index (χ0v) is 9.14. The lowest BCUT2D eigenvalue weighted by molar-refractivity contribution is 0.0689. The minimum Gasteiger partial charge on any atom is -0.477 e. The van der Waals surface area contributed by atoms with Crippen molar-refractivity contribution in [1.82, 2.24) is 9.97 Å². The van der Waals surface area contributed by atoms with Crippen LogP contribution in [-0.4, -0.2) is 34.3 Å². The van der Waals surface area contributed by atoms with Crippen LogP contribution >= 0.6 is 0 Å². The van der Waals surface area contributed by atoms with E-state index in [1.165, 1.54) is 0 Å². The average molecular weight is 222 g/mol. The van der Waals surface area contributed by atoms with Gasteiger partial charge in [0.2, 0.25) is 0 Å². The van der Waals surface area contributed by atoms with Gasteiger partial charge in [0.15, 0.2) is 5.69 Å². The van der Waals surface area contributed by atoms with Crippen LogP contribution in [-0.2, 0) is 4.74 Å². The molecule has 1 saturated heterocycles. The number of hydrogen-bond donors (Lipinski definition) is 1. The van der Waals surface area contributed by atoms with E-state index in [4.69, 9.17) is 9.84 Å². The summed E-state index contributed by atoms with van der Waals surface area (Å²) >= 11 is 0. The molecule has 1 aromatic heterocycles. The summed E-state index contributed by atoms with van der Waals surface area (Å²) in [6, 6.07) is 1.57. The quantitative estimate of drug-likeness (QED) is 0.818. The number of carboxylic acid groups (broad SMARTS) is 1. The van der Waals surface area contributed by atoms with E-state index in [0.29, 0.717) is 11.7 Å². The number of aromatic carboxylic acids is 1. The zero-order chi connectivity index (χ0) is 11.5. The maximum Gasteiger partial charge on any atom is 0.354 e. The highest BCUT2D eigenvalue weighted by Crippen LogP contribution is 2.25. The number of carbonyl (C=O) groups is 1. The van der Waals surface area contributed by atoms with Crippen LogP contribution in [0.15, 0.2) is 6.07 Å². The van der Waals surface area contributed by atoms with Crippen molar-refractivity contribution in [2.24, 2.45) is 0 Å². The van der Waals surface area contributed by atoms with E-state index in [0.717, 1.165) is 31.7 Å². The van der Waals surface area contributed by atoms with Crippen LogP contribution in [0.2, 0.25) is 0 Å². The van der Waals surface area contributed by atoms with Gasteiger partial charge >= 0.3 is 5.97 Å². The summed E-state index contributed by atoms with van der Waals surface area (Å²) in [7, 11) is 0. The van der Waals surface area contributed by atoms with E-state index in [-0.39, 0.29) is 5.69 Å². The Morgan fingerprint density at radius 1 is 1.44 bits per heavy atom. The van der Waals surface area contributed by atoms with E-state index in [1.54, 1.807) is 13.0 Å². The molecule has 1 fully saturated rings. The van der Waals surface area contributed by atoms with Gasteiger partial charge < -0.3 is 9.84 Å². The first-order valence-electron chi connectivity index (χ1n) is 5.33. The molecular formula is C11H14N2O3. The predicted octanol–water partition coefficient (Wildman–Crippen LogP) is 1.38. The second-order valence-corrected chi connectivity index (χ2v) is 3.92. The highest BCUT2D eigenvalue weighted by molar-refractivity contribution is 5.85. The highest BCUT2D eigenvalue weighted by atomic mass is 16.5. The second kappa shape index (κ2) is 4.57. The van der Waals surface area contributed by atoms with Crippen molar-refractivity contribution in [1.29, 1.82) is 0 Å². The first-order chi connectivity index (χ1) is 7.66. The molecule has 1 aliphatic rings. The molecule has 2 heterocycles. The van der Waals surface area contributed by atoms with Crippen molar-refractivity contribution in [3.63, 3.8) is 0 Å². The Bertz CT molecular complexity index is 400. The third-order valence-electron chi connectivity index (χ3n) is 2.72.